The molecule has 0 saturated carbocycles. The van der Waals surface area contributed by atoms with Crippen molar-refractivity contribution < 1.29 is 9.59 Å². The summed E-state index contributed by atoms with van der Waals surface area (Å²) in [5.74, 6) is -0.246. The molecular weight excluding hydrogens is 324 g/mol. The van der Waals surface area contributed by atoms with Gasteiger partial charge in [0.15, 0.2) is 0 Å². The van der Waals surface area contributed by atoms with Crippen LogP contribution in [0.3, 0.4) is 0 Å². The number of hydrogen-bond donors (Lipinski definition) is 1. The Morgan fingerprint density at radius 1 is 0.962 bits per heavy atom. The summed E-state index contributed by atoms with van der Waals surface area (Å²) in [5.41, 5.74) is 1.83. The zero-order valence-corrected chi connectivity index (χ0v) is 15.7. The highest BCUT2D eigenvalue weighted by atomic mass is 16.2. The van der Waals surface area contributed by atoms with Gasteiger partial charge in [0, 0.05) is 20.0 Å². The van der Waals surface area contributed by atoms with Gasteiger partial charge in [-0.05, 0) is 17.5 Å². The van der Waals surface area contributed by atoms with Gasteiger partial charge < -0.3 is 10.2 Å². The first-order chi connectivity index (χ1) is 12.6. The van der Waals surface area contributed by atoms with E-state index in [4.69, 9.17) is 0 Å². The van der Waals surface area contributed by atoms with E-state index in [2.05, 4.69) is 12.2 Å². The van der Waals surface area contributed by atoms with Crippen molar-refractivity contribution in [3.05, 3.63) is 71.8 Å². The lowest BCUT2D eigenvalue weighted by atomic mass is 10.0. The van der Waals surface area contributed by atoms with E-state index in [1.165, 1.54) is 6.92 Å². The molecule has 1 N–H and O–H groups in total. The summed E-state index contributed by atoms with van der Waals surface area (Å²) < 4.78 is 0. The van der Waals surface area contributed by atoms with E-state index < -0.39 is 6.04 Å². The lowest BCUT2D eigenvalue weighted by molar-refractivity contribution is -0.140. The van der Waals surface area contributed by atoms with Crippen molar-refractivity contribution in [3.8, 4) is 0 Å². The number of nitrogens with one attached hydrogen (secondary N) is 1. The van der Waals surface area contributed by atoms with Crippen LogP contribution in [0, 0.1) is 0 Å². The quantitative estimate of drug-likeness (QED) is 0.691. The molecule has 138 valence electrons. The van der Waals surface area contributed by atoms with Gasteiger partial charge in [0.1, 0.15) is 6.04 Å². The fourth-order valence-electron chi connectivity index (χ4n) is 2.96. The summed E-state index contributed by atoms with van der Waals surface area (Å²) in [6.07, 6.45) is 3.13. The molecule has 0 spiro atoms. The summed E-state index contributed by atoms with van der Waals surface area (Å²) >= 11 is 0. The van der Waals surface area contributed by atoms with Crippen molar-refractivity contribution in [2.24, 2.45) is 0 Å². The first-order valence-corrected chi connectivity index (χ1v) is 9.27. The highest BCUT2D eigenvalue weighted by Gasteiger charge is 2.29. The number of rotatable bonds is 9. The fourth-order valence-corrected chi connectivity index (χ4v) is 2.96. The van der Waals surface area contributed by atoms with E-state index in [0.717, 1.165) is 30.4 Å². The first kappa shape index (κ1) is 19.7. The largest absolute Gasteiger partial charge is 0.354 e. The maximum absolute atomic E-state index is 12.9. The molecule has 0 heterocycles. The molecule has 0 fully saturated rings. The standard InChI is InChI=1S/C22H28N2O2/c1-3-4-11-16-23-22(26)21(20-14-9-6-10-15-20)24(18(2)25)17-19-12-7-5-8-13-19/h5-10,12-15,21H,3-4,11,16-17H2,1-2H3,(H,23,26)/t21-/m0/s1. The SMILES string of the molecule is CCCCCNC(=O)[C@H](c1ccccc1)N(Cc1ccccc1)C(C)=O. The Balaban J connectivity index is 2.24. The van der Waals surface area contributed by atoms with E-state index in [1.54, 1.807) is 4.90 Å². The number of nitrogens with zero attached hydrogens (tertiary/aromatic N) is 1. The van der Waals surface area contributed by atoms with Gasteiger partial charge in [0.2, 0.25) is 11.8 Å². The van der Waals surface area contributed by atoms with Gasteiger partial charge in [-0.15, -0.1) is 0 Å². The Labute approximate surface area is 156 Å². The zero-order valence-electron chi connectivity index (χ0n) is 15.7. The highest BCUT2D eigenvalue weighted by Crippen LogP contribution is 2.23. The van der Waals surface area contributed by atoms with Crippen LogP contribution in [0.4, 0.5) is 0 Å². The Hall–Kier alpha value is -2.62. The van der Waals surface area contributed by atoms with Gasteiger partial charge in [-0.3, -0.25) is 9.59 Å². The minimum atomic E-state index is -0.629. The van der Waals surface area contributed by atoms with Crippen LogP contribution in [0.15, 0.2) is 60.7 Å². The molecule has 0 radical (unpaired) electrons. The molecule has 0 aliphatic carbocycles. The maximum atomic E-state index is 12.9. The number of carbonyl (C=O) groups excluding carboxylic acids is 2. The second-order valence-corrected chi connectivity index (χ2v) is 6.44. The molecule has 2 amide bonds. The third kappa shape index (κ3) is 5.73. The van der Waals surface area contributed by atoms with Crippen molar-refractivity contribution >= 4 is 11.8 Å². The van der Waals surface area contributed by atoms with Gasteiger partial charge in [0.05, 0.1) is 0 Å². The van der Waals surface area contributed by atoms with Crippen LogP contribution in [0.5, 0.6) is 0 Å². The van der Waals surface area contributed by atoms with Crippen LogP contribution < -0.4 is 5.32 Å². The lowest BCUT2D eigenvalue weighted by Crippen LogP contribution is -2.42. The van der Waals surface area contributed by atoms with E-state index in [9.17, 15) is 9.59 Å². The third-order valence-corrected chi connectivity index (χ3v) is 4.36. The second-order valence-electron chi connectivity index (χ2n) is 6.44. The number of benzene rings is 2. The van der Waals surface area contributed by atoms with Crippen LogP contribution in [0.2, 0.25) is 0 Å². The molecule has 0 aliphatic rings. The number of carbonyl (C=O) groups is 2. The van der Waals surface area contributed by atoms with Crippen LogP contribution in [0.25, 0.3) is 0 Å². The van der Waals surface area contributed by atoms with Crippen LogP contribution in [0.1, 0.15) is 50.3 Å². The molecule has 4 heteroatoms. The van der Waals surface area contributed by atoms with Crippen molar-refractivity contribution in [2.45, 2.75) is 45.7 Å². The number of amides is 2. The summed E-state index contributed by atoms with van der Waals surface area (Å²) in [7, 11) is 0. The van der Waals surface area contributed by atoms with E-state index >= 15 is 0 Å². The van der Waals surface area contributed by atoms with Crippen LogP contribution in [-0.2, 0) is 16.1 Å². The van der Waals surface area contributed by atoms with Gasteiger partial charge in [-0.2, -0.15) is 0 Å². The van der Waals surface area contributed by atoms with Crippen molar-refractivity contribution in [1.29, 1.82) is 0 Å². The average Bonchev–Trinajstić information content (AvgIpc) is 2.66. The molecule has 1 atom stereocenters. The lowest BCUT2D eigenvalue weighted by Gasteiger charge is -2.30. The van der Waals surface area contributed by atoms with Gasteiger partial charge in [0.25, 0.3) is 0 Å². The summed E-state index contributed by atoms with van der Waals surface area (Å²) in [4.78, 5) is 27.0. The first-order valence-electron chi connectivity index (χ1n) is 9.27. The smallest absolute Gasteiger partial charge is 0.247 e. The number of hydrogen-bond acceptors (Lipinski definition) is 2. The Kier molecular flexibility index (Phi) is 7.87. The fraction of sp³-hybridized carbons (Fsp3) is 0.364. The minimum Gasteiger partial charge on any atom is -0.354 e. The normalized spacial score (nSPS) is 11.6. The van der Waals surface area contributed by atoms with Crippen molar-refractivity contribution in [3.63, 3.8) is 0 Å². The van der Waals surface area contributed by atoms with Crippen LogP contribution in [-0.4, -0.2) is 23.3 Å². The highest BCUT2D eigenvalue weighted by molar-refractivity contribution is 5.88. The molecule has 2 aromatic rings. The molecule has 4 nitrogen and oxygen atoms in total. The topological polar surface area (TPSA) is 49.4 Å². The molecule has 2 aromatic carbocycles. The van der Waals surface area contributed by atoms with Crippen molar-refractivity contribution in [1.82, 2.24) is 10.2 Å². The average molecular weight is 352 g/mol. The van der Waals surface area contributed by atoms with Crippen LogP contribution >= 0.6 is 0 Å². The Bertz CT molecular complexity index is 686. The predicted octanol–water partition coefficient (Wildman–Crippen LogP) is 4.08. The molecule has 2 rings (SSSR count). The monoisotopic (exact) mass is 352 g/mol. The second kappa shape index (κ2) is 10.4. The van der Waals surface area contributed by atoms with Gasteiger partial charge in [-0.1, -0.05) is 80.4 Å². The maximum Gasteiger partial charge on any atom is 0.247 e. The number of unbranched alkanes of at least 4 members (excludes halogenated alkanes) is 2. The molecule has 0 unspecified atom stereocenters. The predicted molar refractivity (Wildman–Crippen MR) is 104 cm³/mol. The van der Waals surface area contributed by atoms with Gasteiger partial charge >= 0.3 is 0 Å². The van der Waals surface area contributed by atoms with E-state index in [1.807, 2.05) is 60.7 Å². The molecule has 0 bridgehead atoms. The molecule has 26 heavy (non-hydrogen) atoms. The Morgan fingerprint density at radius 3 is 2.15 bits per heavy atom. The van der Waals surface area contributed by atoms with Gasteiger partial charge in [-0.25, -0.2) is 0 Å². The molecule has 0 aliphatic heterocycles. The molecule has 0 aromatic heterocycles. The van der Waals surface area contributed by atoms with E-state index in [-0.39, 0.29) is 11.8 Å². The third-order valence-electron chi connectivity index (χ3n) is 4.36. The van der Waals surface area contributed by atoms with E-state index in [0.29, 0.717) is 13.1 Å². The molecule has 0 saturated heterocycles. The summed E-state index contributed by atoms with van der Waals surface area (Å²) in [6.45, 7) is 4.68. The zero-order chi connectivity index (χ0) is 18.8. The van der Waals surface area contributed by atoms with Crippen molar-refractivity contribution in [2.75, 3.05) is 6.54 Å². The summed E-state index contributed by atoms with van der Waals surface area (Å²) in [6, 6.07) is 18.6. The Morgan fingerprint density at radius 2 is 1.58 bits per heavy atom. The minimum absolute atomic E-state index is 0.119. The summed E-state index contributed by atoms with van der Waals surface area (Å²) in [5, 5.41) is 3.00. The molecular formula is C22H28N2O2.